The fourth-order valence-electron chi connectivity index (χ4n) is 4.24. The Morgan fingerprint density at radius 2 is 1.58 bits per heavy atom. The third-order valence-corrected chi connectivity index (χ3v) is 8.42. The van der Waals surface area contributed by atoms with Crippen molar-refractivity contribution in [3.05, 3.63) is 82.9 Å². The van der Waals surface area contributed by atoms with Gasteiger partial charge in [0.2, 0.25) is 5.91 Å². The number of aryl methyl sites for hydroxylation is 2. The molecular weight excluding hydrogens is 498 g/mol. The average molecular weight is 528 g/mol. The molecule has 0 N–H and O–H groups in total. The summed E-state index contributed by atoms with van der Waals surface area (Å²) in [7, 11) is -2.42. The van der Waals surface area contributed by atoms with E-state index in [0.29, 0.717) is 42.6 Å². The molecule has 1 saturated heterocycles. The van der Waals surface area contributed by atoms with E-state index >= 15 is 0 Å². The number of hydrogen-bond acceptors (Lipinski definition) is 5. The molecule has 0 atom stereocenters. The lowest BCUT2D eigenvalue weighted by Crippen LogP contribution is -2.52. The van der Waals surface area contributed by atoms with Crippen molar-refractivity contribution in [2.24, 2.45) is 0 Å². The summed E-state index contributed by atoms with van der Waals surface area (Å²) in [5.41, 5.74) is 3.53. The predicted octanol–water partition coefficient (Wildman–Crippen LogP) is 4.51. The minimum Gasteiger partial charge on any atom is -0.497 e. The number of methoxy groups -OCH3 is 1. The lowest BCUT2D eigenvalue weighted by molar-refractivity contribution is -0.129. The van der Waals surface area contributed by atoms with Crippen molar-refractivity contribution in [3.63, 3.8) is 0 Å². The summed E-state index contributed by atoms with van der Waals surface area (Å²) in [6.45, 7) is 5.90. The number of piperazine rings is 1. The van der Waals surface area contributed by atoms with Gasteiger partial charge >= 0.3 is 0 Å². The Morgan fingerprint density at radius 1 is 0.944 bits per heavy atom. The quantitative estimate of drug-likeness (QED) is 0.452. The Kier molecular flexibility index (Phi) is 7.76. The maximum Gasteiger partial charge on any atom is 0.264 e. The lowest BCUT2D eigenvalue weighted by atomic mass is 10.1. The van der Waals surface area contributed by atoms with E-state index < -0.39 is 10.0 Å². The fraction of sp³-hybridized carbons (Fsp3) is 0.296. The second-order valence-corrected chi connectivity index (χ2v) is 11.1. The van der Waals surface area contributed by atoms with Gasteiger partial charge < -0.3 is 14.5 Å². The van der Waals surface area contributed by atoms with Crippen molar-refractivity contribution < 1.29 is 17.9 Å². The van der Waals surface area contributed by atoms with Gasteiger partial charge in [-0.05, 0) is 67.9 Å². The molecule has 36 heavy (non-hydrogen) atoms. The SMILES string of the molecule is COc1ccc(N(CC(=O)N2CCN(c3cc(Cl)ccc3C)CC2)S(=O)(=O)c2ccc(C)cc2)cc1. The zero-order valence-electron chi connectivity index (χ0n) is 20.6. The number of carbonyl (C=O) groups is 1. The smallest absolute Gasteiger partial charge is 0.264 e. The molecule has 9 heteroatoms. The van der Waals surface area contributed by atoms with Crippen LogP contribution in [0.1, 0.15) is 11.1 Å². The van der Waals surface area contributed by atoms with E-state index in [9.17, 15) is 13.2 Å². The molecule has 4 rings (SSSR count). The molecule has 7 nitrogen and oxygen atoms in total. The number of amides is 1. The molecule has 1 amide bonds. The zero-order valence-corrected chi connectivity index (χ0v) is 22.2. The molecule has 0 aromatic heterocycles. The molecule has 0 saturated carbocycles. The van der Waals surface area contributed by atoms with Gasteiger partial charge in [0.25, 0.3) is 10.0 Å². The first kappa shape index (κ1) is 25.9. The van der Waals surface area contributed by atoms with E-state index in [-0.39, 0.29) is 17.3 Å². The number of ether oxygens (including phenoxy) is 1. The highest BCUT2D eigenvalue weighted by Gasteiger charge is 2.30. The number of rotatable bonds is 7. The van der Waals surface area contributed by atoms with Crippen molar-refractivity contribution in [1.82, 2.24) is 4.90 Å². The monoisotopic (exact) mass is 527 g/mol. The number of hydrogen-bond donors (Lipinski definition) is 0. The van der Waals surface area contributed by atoms with Gasteiger partial charge in [0.15, 0.2) is 0 Å². The highest BCUT2D eigenvalue weighted by Crippen LogP contribution is 2.28. The van der Waals surface area contributed by atoms with E-state index in [1.54, 1.807) is 60.5 Å². The second kappa shape index (κ2) is 10.8. The first-order valence-electron chi connectivity index (χ1n) is 11.7. The van der Waals surface area contributed by atoms with E-state index in [1.807, 2.05) is 32.0 Å². The molecule has 1 fully saturated rings. The van der Waals surface area contributed by atoms with Gasteiger partial charge in [-0.15, -0.1) is 0 Å². The topological polar surface area (TPSA) is 70.2 Å². The van der Waals surface area contributed by atoms with Crippen LogP contribution in [0.15, 0.2) is 71.6 Å². The van der Waals surface area contributed by atoms with Gasteiger partial charge in [0, 0.05) is 36.9 Å². The Balaban J connectivity index is 1.54. The van der Waals surface area contributed by atoms with Crippen LogP contribution < -0.4 is 13.9 Å². The van der Waals surface area contributed by atoms with Crippen LogP contribution in [0.3, 0.4) is 0 Å². The van der Waals surface area contributed by atoms with Crippen LogP contribution >= 0.6 is 11.6 Å². The summed E-state index contributed by atoms with van der Waals surface area (Å²) in [4.78, 5) is 17.4. The standard InChI is InChI=1S/C27H30ClN3O4S/c1-20-4-12-25(13-5-20)36(33,34)31(23-8-10-24(35-3)11-9-23)19-27(32)30-16-14-29(15-17-30)26-18-22(28)7-6-21(26)2/h4-13,18H,14-17,19H2,1-3H3. The van der Waals surface area contributed by atoms with Crippen molar-refractivity contribution in [1.29, 1.82) is 0 Å². The number of anilines is 2. The van der Waals surface area contributed by atoms with Gasteiger partial charge in [-0.1, -0.05) is 35.4 Å². The lowest BCUT2D eigenvalue weighted by Gasteiger charge is -2.37. The second-order valence-electron chi connectivity index (χ2n) is 8.82. The summed E-state index contributed by atoms with van der Waals surface area (Å²) in [6, 6.07) is 19.1. The molecule has 1 aliphatic rings. The minimum atomic E-state index is -3.97. The number of halogens is 1. The Bertz CT molecular complexity index is 1320. The van der Waals surface area contributed by atoms with Crippen molar-refractivity contribution in [2.45, 2.75) is 18.7 Å². The molecule has 3 aromatic rings. The molecule has 1 aliphatic heterocycles. The molecule has 1 heterocycles. The summed E-state index contributed by atoms with van der Waals surface area (Å²) in [5.74, 6) is 0.356. The van der Waals surface area contributed by atoms with Gasteiger partial charge in [-0.3, -0.25) is 9.10 Å². The van der Waals surface area contributed by atoms with E-state index in [1.165, 1.54) is 4.31 Å². The van der Waals surface area contributed by atoms with Gasteiger partial charge in [-0.25, -0.2) is 8.42 Å². The maximum atomic E-state index is 13.6. The van der Waals surface area contributed by atoms with Gasteiger partial charge in [0.05, 0.1) is 17.7 Å². The van der Waals surface area contributed by atoms with E-state index in [4.69, 9.17) is 16.3 Å². The number of benzene rings is 3. The first-order chi connectivity index (χ1) is 17.2. The Hall–Kier alpha value is -3.23. The normalized spacial score (nSPS) is 14.0. The van der Waals surface area contributed by atoms with Crippen molar-refractivity contribution >= 4 is 38.9 Å². The highest BCUT2D eigenvalue weighted by atomic mass is 35.5. The molecule has 0 aliphatic carbocycles. The summed E-state index contributed by atoms with van der Waals surface area (Å²) in [6.07, 6.45) is 0. The summed E-state index contributed by atoms with van der Waals surface area (Å²) >= 11 is 6.19. The predicted molar refractivity (Wildman–Crippen MR) is 144 cm³/mol. The number of carbonyl (C=O) groups excluding carboxylic acids is 1. The maximum absolute atomic E-state index is 13.6. The third kappa shape index (κ3) is 5.60. The van der Waals surface area contributed by atoms with Gasteiger partial charge in [0.1, 0.15) is 12.3 Å². The molecule has 0 bridgehead atoms. The van der Waals surface area contributed by atoms with Crippen LogP contribution in [0.5, 0.6) is 5.75 Å². The zero-order chi connectivity index (χ0) is 25.9. The fourth-order valence-corrected chi connectivity index (χ4v) is 5.82. The highest BCUT2D eigenvalue weighted by molar-refractivity contribution is 7.92. The van der Waals surface area contributed by atoms with Crippen LogP contribution in [0.25, 0.3) is 0 Å². The molecule has 3 aromatic carbocycles. The largest absolute Gasteiger partial charge is 0.497 e. The van der Waals surface area contributed by atoms with Crippen LogP contribution in [0.4, 0.5) is 11.4 Å². The first-order valence-corrected chi connectivity index (χ1v) is 13.5. The van der Waals surface area contributed by atoms with Gasteiger partial charge in [-0.2, -0.15) is 0 Å². The molecular formula is C27H30ClN3O4S. The molecule has 0 unspecified atom stereocenters. The van der Waals surface area contributed by atoms with E-state index in [0.717, 1.165) is 16.8 Å². The van der Waals surface area contributed by atoms with Crippen LogP contribution in [0, 0.1) is 13.8 Å². The average Bonchev–Trinajstić information content (AvgIpc) is 2.89. The molecule has 0 radical (unpaired) electrons. The Labute approximate surface area is 217 Å². The van der Waals surface area contributed by atoms with Crippen molar-refractivity contribution in [3.8, 4) is 5.75 Å². The van der Waals surface area contributed by atoms with Crippen LogP contribution in [-0.2, 0) is 14.8 Å². The van der Waals surface area contributed by atoms with E-state index in [2.05, 4.69) is 4.90 Å². The summed E-state index contributed by atoms with van der Waals surface area (Å²) < 4.78 is 33.6. The third-order valence-electron chi connectivity index (χ3n) is 6.39. The van der Waals surface area contributed by atoms with Crippen LogP contribution in [0.2, 0.25) is 5.02 Å². The minimum absolute atomic E-state index is 0.137. The summed E-state index contributed by atoms with van der Waals surface area (Å²) in [5, 5.41) is 0.672. The van der Waals surface area contributed by atoms with Crippen molar-refractivity contribution in [2.75, 3.05) is 49.0 Å². The molecule has 0 spiro atoms. The Morgan fingerprint density at radius 3 is 2.19 bits per heavy atom. The van der Waals surface area contributed by atoms with Crippen LogP contribution in [-0.4, -0.2) is 59.1 Å². The number of sulfonamides is 1. The molecule has 190 valence electrons. The number of nitrogens with zero attached hydrogens (tertiary/aromatic N) is 3.